The van der Waals surface area contributed by atoms with Crippen LogP contribution in [0.15, 0.2) is 0 Å². The molecular weight excluding hydrogens is 296 g/mol. The van der Waals surface area contributed by atoms with Gasteiger partial charge >= 0.3 is 0 Å². The topological polar surface area (TPSA) is 127 Å². The maximum atomic E-state index is 11.8. The number of hydrogen-bond donors (Lipinski definition) is 4. The fourth-order valence-electron chi connectivity index (χ4n) is 2.22. The van der Waals surface area contributed by atoms with Crippen molar-refractivity contribution >= 4 is 17.6 Å². The second-order valence-electron chi connectivity index (χ2n) is 5.75. The van der Waals surface area contributed by atoms with Crippen LogP contribution in [0.2, 0.25) is 0 Å². The monoisotopic (exact) mass is 328 g/mol. The quantitative estimate of drug-likeness (QED) is 0.359. The fourth-order valence-corrected chi connectivity index (χ4v) is 2.22. The number of Topliss-reactive ketones (excluding diaryl/α,β-unsaturated/α-hetero) is 1. The van der Waals surface area contributed by atoms with Gasteiger partial charge in [0.25, 0.3) is 0 Å². The molecule has 2 atom stereocenters. The van der Waals surface area contributed by atoms with Gasteiger partial charge in [0.05, 0.1) is 12.6 Å². The van der Waals surface area contributed by atoms with Gasteiger partial charge < -0.3 is 22.1 Å². The van der Waals surface area contributed by atoms with Gasteiger partial charge in [-0.25, -0.2) is 0 Å². The van der Waals surface area contributed by atoms with Crippen LogP contribution in [-0.2, 0) is 14.4 Å². The molecule has 6 N–H and O–H groups in total. The molecule has 0 saturated heterocycles. The summed E-state index contributed by atoms with van der Waals surface area (Å²) < 4.78 is 0. The summed E-state index contributed by atoms with van der Waals surface area (Å²) in [5, 5.41) is 5.14. The fraction of sp³-hybridized carbons (Fsp3) is 0.812. The van der Waals surface area contributed by atoms with E-state index in [0.717, 1.165) is 25.7 Å². The summed E-state index contributed by atoms with van der Waals surface area (Å²) in [6, 6.07) is -0.762. The van der Waals surface area contributed by atoms with Crippen molar-refractivity contribution in [1.82, 2.24) is 10.6 Å². The van der Waals surface area contributed by atoms with Gasteiger partial charge in [-0.1, -0.05) is 33.1 Å². The van der Waals surface area contributed by atoms with E-state index >= 15 is 0 Å². The van der Waals surface area contributed by atoms with Crippen molar-refractivity contribution in [2.45, 2.75) is 70.9 Å². The van der Waals surface area contributed by atoms with Crippen molar-refractivity contribution in [3.63, 3.8) is 0 Å². The molecule has 0 aromatic rings. The molecule has 0 saturated carbocycles. The molecule has 0 aliphatic carbocycles. The molecule has 7 heteroatoms. The Morgan fingerprint density at radius 3 is 2.30 bits per heavy atom. The van der Waals surface area contributed by atoms with Crippen LogP contribution in [-0.4, -0.2) is 42.8 Å². The normalized spacial score (nSPS) is 13.2. The lowest BCUT2D eigenvalue weighted by atomic mass is 10.1. The Hall–Kier alpha value is -1.47. The molecule has 0 radical (unpaired) electrons. The molecule has 0 bridgehead atoms. The molecule has 0 rings (SSSR count). The van der Waals surface area contributed by atoms with Crippen molar-refractivity contribution in [3.05, 3.63) is 0 Å². The zero-order chi connectivity index (χ0) is 17.7. The molecule has 0 aliphatic heterocycles. The van der Waals surface area contributed by atoms with Gasteiger partial charge in [-0.15, -0.1) is 0 Å². The first-order valence-electron chi connectivity index (χ1n) is 8.48. The first-order chi connectivity index (χ1) is 10.9. The molecule has 0 aromatic carbocycles. The van der Waals surface area contributed by atoms with Crippen LogP contribution >= 0.6 is 0 Å². The van der Waals surface area contributed by atoms with Gasteiger partial charge in [0.1, 0.15) is 0 Å². The van der Waals surface area contributed by atoms with E-state index in [0.29, 0.717) is 19.4 Å². The number of ketones is 1. The van der Waals surface area contributed by atoms with Crippen molar-refractivity contribution in [3.8, 4) is 0 Å². The lowest BCUT2D eigenvalue weighted by molar-refractivity contribution is -0.129. The Morgan fingerprint density at radius 2 is 1.74 bits per heavy atom. The van der Waals surface area contributed by atoms with E-state index in [2.05, 4.69) is 17.6 Å². The molecule has 23 heavy (non-hydrogen) atoms. The highest BCUT2D eigenvalue weighted by Crippen LogP contribution is 2.04. The lowest BCUT2D eigenvalue weighted by Crippen LogP contribution is -2.46. The summed E-state index contributed by atoms with van der Waals surface area (Å²) in [6.07, 6.45) is 4.96. The van der Waals surface area contributed by atoms with Gasteiger partial charge in [0.15, 0.2) is 5.78 Å². The van der Waals surface area contributed by atoms with Crippen LogP contribution in [0, 0.1) is 0 Å². The average molecular weight is 328 g/mol. The van der Waals surface area contributed by atoms with Crippen LogP contribution in [0.3, 0.4) is 0 Å². The Labute approximate surface area is 138 Å². The molecule has 7 nitrogen and oxygen atoms in total. The van der Waals surface area contributed by atoms with Crippen LogP contribution in [0.1, 0.15) is 58.8 Å². The number of unbranched alkanes of at least 4 members (excludes halogenated alkanes) is 2. The van der Waals surface area contributed by atoms with Crippen molar-refractivity contribution in [2.75, 3.05) is 13.1 Å². The van der Waals surface area contributed by atoms with Crippen molar-refractivity contribution < 1.29 is 14.4 Å². The molecule has 0 heterocycles. The lowest BCUT2D eigenvalue weighted by Gasteiger charge is -2.17. The van der Waals surface area contributed by atoms with E-state index in [-0.39, 0.29) is 30.7 Å². The standard InChI is InChI=1S/C16H32N4O3/c1-3-5-6-7-12(18)10-15(22)19-11-16(23)20-13(8-9-17)14(21)4-2/h12-13H,3-11,17-18H2,1-2H3,(H,19,22)(H,20,23). The largest absolute Gasteiger partial charge is 0.347 e. The summed E-state index contributed by atoms with van der Waals surface area (Å²) in [6.45, 7) is 4.01. The number of nitrogens with two attached hydrogens (primary N) is 2. The maximum Gasteiger partial charge on any atom is 0.239 e. The SMILES string of the molecule is CCCCCC(N)CC(=O)NCC(=O)NC(CCN)C(=O)CC. The average Bonchev–Trinajstić information content (AvgIpc) is 2.52. The number of carbonyl (C=O) groups is 3. The molecule has 0 fully saturated rings. The van der Waals surface area contributed by atoms with Gasteiger partial charge in [-0.05, 0) is 19.4 Å². The number of hydrogen-bond acceptors (Lipinski definition) is 5. The minimum absolute atomic E-state index is 0.0620. The van der Waals surface area contributed by atoms with Gasteiger partial charge in [-0.2, -0.15) is 0 Å². The Morgan fingerprint density at radius 1 is 1.04 bits per heavy atom. The molecule has 2 unspecified atom stereocenters. The van der Waals surface area contributed by atoms with Crippen LogP contribution in [0.4, 0.5) is 0 Å². The smallest absolute Gasteiger partial charge is 0.239 e. The molecule has 2 amide bonds. The number of amides is 2. The predicted molar refractivity (Wildman–Crippen MR) is 90.6 cm³/mol. The highest BCUT2D eigenvalue weighted by Gasteiger charge is 2.18. The van der Waals surface area contributed by atoms with E-state index in [1.807, 2.05) is 0 Å². The third-order valence-electron chi connectivity index (χ3n) is 3.60. The minimum atomic E-state index is -0.578. The summed E-state index contributed by atoms with van der Waals surface area (Å²) in [5.74, 6) is -0.701. The zero-order valence-electron chi connectivity index (χ0n) is 14.4. The van der Waals surface area contributed by atoms with Gasteiger partial charge in [0.2, 0.25) is 11.8 Å². The maximum absolute atomic E-state index is 11.8. The Kier molecular flexibility index (Phi) is 12.2. The highest BCUT2D eigenvalue weighted by atomic mass is 16.2. The van der Waals surface area contributed by atoms with Crippen molar-refractivity contribution in [2.24, 2.45) is 11.5 Å². The van der Waals surface area contributed by atoms with Gasteiger partial charge in [-0.3, -0.25) is 14.4 Å². The minimum Gasteiger partial charge on any atom is -0.347 e. The van der Waals surface area contributed by atoms with E-state index in [1.165, 1.54) is 0 Å². The highest BCUT2D eigenvalue weighted by molar-refractivity contribution is 5.90. The first-order valence-corrected chi connectivity index (χ1v) is 8.48. The van der Waals surface area contributed by atoms with Crippen LogP contribution < -0.4 is 22.1 Å². The third-order valence-corrected chi connectivity index (χ3v) is 3.60. The second-order valence-corrected chi connectivity index (χ2v) is 5.75. The summed E-state index contributed by atoms with van der Waals surface area (Å²) in [7, 11) is 0. The molecule has 0 aliphatic rings. The van der Waals surface area contributed by atoms with E-state index in [9.17, 15) is 14.4 Å². The number of carbonyl (C=O) groups excluding carboxylic acids is 3. The van der Waals surface area contributed by atoms with E-state index in [1.54, 1.807) is 6.92 Å². The molecule has 0 spiro atoms. The van der Waals surface area contributed by atoms with Crippen molar-refractivity contribution in [1.29, 1.82) is 0 Å². The Bertz CT molecular complexity index is 374. The summed E-state index contributed by atoms with van der Waals surface area (Å²) in [5.41, 5.74) is 11.3. The zero-order valence-corrected chi connectivity index (χ0v) is 14.4. The number of rotatable bonds is 13. The Balaban J connectivity index is 4.06. The molecule has 0 aromatic heterocycles. The van der Waals surface area contributed by atoms with Gasteiger partial charge in [0, 0.05) is 18.9 Å². The summed E-state index contributed by atoms with van der Waals surface area (Å²) in [4.78, 5) is 35.2. The molecule has 134 valence electrons. The second kappa shape index (κ2) is 13.0. The first kappa shape index (κ1) is 21.5. The van der Waals surface area contributed by atoms with Crippen LogP contribution in [0.5, 0.6) is 0 Å². The van der Waals surface area contributed by atoms with E-state index < -0.39 is 11.9 Å². The van der Waals surface area contributed by atoms with Crippen LogP contribution in [0.25, 0.3) is 0 Å². The summed E-state index contributed by atoms with van der Waals surface area (Å²) >= 11 is 0. The molecular formula is C16H32N4O3. The third kappa shape index (κ3) is 10.8. The number of nitrogens with one attached hydrogen (secondary N) is 2. The van der Waals surface area contributed by atoms with E-state index in [4.69, 9.17) is 11.5 Å². The predicted octanol–water partition coefficient (Wildman–Crippen LogP) is 0.213.